The molecule has 0 bridgehead atoms. The van der Waals surface area contributed by atoms with Gasteiger partial charge in [0.2, 0.25) is 0 Å². The summed E-state index contributed by atoms with van der Waals surface area (Å²) in [4.78, 5) is 2.26. The highest BCUT2D eigenvalue weighted by Crippen LogP contribution is 2.04. The monoisotopic (exact) mass is 276 g/mol. The molecule has 0 fully saturated rings. The Balaban J connectivity index is -0.0000000833. The third-order valence-corrected chi connectivity index (χ3v) is 1.96. The smallest absolute Gasteiger partial charge is 0 e. The number of rotatable bonds is 7. The van der Waals surface area contributed by atoms with E-state index in [1.165, 1.54) is 45.1 Å². The van der Waals surface area contributed by atoms with Crippen molar-refractivity contribution in [2.75, 3.05) is 20.6 Å². The van der Waals surface area contributed by atoms with Gasteiger partial charge < -0.3 is 4.90 Å². The first-order chi connectivity index (χ1) is 5.27. The van der Waals surface area contributed by atoms with Gasteiger partial charge in [-0.05, 0) is 27.1 Å². The van der Waals surface area contributed by atoms with Crippen molar-refractivity contribution in [1.82, 2.24) is 4.90 Å². The zero-order chi connectivity index (χ0) is 8.53. The topological polar surface area (TPSA) is 3.24 Å². The quantitative estimate of drug-likeness (QED) is 0.505. The van der Waals surface area contributed by atoms with Crippen molar-refractivity contribution in [1.29, 1.82) is 0 Å². The summed E-state index contributed by atoms with van der Waals surface area (Å²) in [5.74, 6) is 0. The molecule has 0 aliphatic carbocycles. The van der Waals surface area contributed by atoms with E-state index < -0.39 is 0 Å². The molecule has 0 spiro atoms. The molecule has 95 valence electrons. The normalized spacial score (nSPS) is 8.00. The Bertz CT molecular complexity index is 85.1. The number of nitrogens with zero attached hydrogens (tertiary/aromatic N) is 1. The maximum absolute atomic E-state index is 2.26. The molecule has 1 nitrogen and oxygen atoms in total. The first kappa shape index (κ1) is 29.7. The predicted octanol–water partition coefficient (Wildman–Crippen LogP) is 3.79. The molecule has 0 N–H and O–H groups in total. The van der Waals surface area contributed by atoms with Crippen molar-refractivity contribution >= 4 is 45.6 Å². The van der Waals surface area contributed by atoms with Gasteiger partial charge in [0.25, 0.3) is 0 Å². The molecule has 0 aromatic carbocycles. The highest BCUT2D eigenvalue weighted by Gasteiger charge is 1.90. The lowest BCUT2D eigenvalue weighted by molar-refractivity contribution is 0.389. The Morgan fingerprint density at radius 3 is 1.53 bits per heavy atom. The Morgan fingerprint density at radius 2 is 1.13 bits per heavy atom. The van der Waals surface area contributed by atoms with Crippen LogP contribution in [0.1, 0.15) is 45.4 Å². The molecule has 0 aromatic heterocycles. The molecule has 3 radical (unpaired) electrons. The molecule has 0 aromatic rings. The van der Waals surface area contributed by atoms with Gasteiger partial charge >= 0.3 is 0 Å². The van der Waals surface area contributed by atoms with E-state index in [1.54, 1.807) is 0 Å². The van der Waals surface area contributed by atoms with E-state index in [9.17, 15) is 0 Å². The van der Waals surface area contributed by atoms with Crippen LogP contribution in [-0.2, 0) is 0 Å². The highest BCUT2D eigenvalue weighted by atomic mass is 35.5. The molecule has 0 saturated carbocycles. The van der Waals surface area contributed by atoms with Crippen LogP contribution in [0.15, 0.2) is 0 Å². The van der Waals surface area contributed by atoms with Gasteiger partial charge in [0, 0.05) is 8.41 Å². The molecule has 0 atom stereocenters. The number of hydrogen-bond donors (Lipinski definition) is 0. The van der Waals surface area contributed by atoms with Gasteiger partial charge in [-0.3, -0.25) is 0 Å². The molecule has 15 heavy (non-hydrogen) atoms. The number of hydrogen-bond acceptors (Lipinski definition) is 1. The summed E-state index contributed by atoms with van der Waals surface area (Å²) >= 11 is 0. The minimum absolute atomic E-state index is 0. The Kier molecular flexibility index (Phi) is 48.0. The van der Waals surface area contributed by atoms with Crippen LogP contribution in [0.3, 0.4) is 0 Å². The Hall–Kier alpha value is 0.895. The van der Waals surface area contributed by atoms with E-state index in [4.69, 9.17) is 0 Å². The molecule has 0 rings (SSSR count). The van der Waals surface area contributed by atoms with Gasteiger partial charge in [-0.1, -0.05) is 39.0 Å². The minimum atomic E-state index is 0. The summed E-state index contributed by atoms with van der Waals surface area (Å²) in [7, 11) is 4.29. The summed E-state index contributed by atoms with van der Waals surface area (Å²) in [6, 6.07) is 0. The van der Waals surface area contributed by atoms with Crippen LogP contribution in [0.4, 0.5) is 0 Å². The Morgan fingerprint density at radius 1 is 0.733 bits per heavy atom. The van der Waals surface area contributed by atoms with Crippen LogP contribution < -0.4 is 0 Å². The molecule has 0 heterocycles. The molecule has 0 aliphatic heterocycles. The summed E-state index contributed by atoms with van der Waals surface area (Å²) in [5, 5.41) is 0. The van der Waals surface area contributed by atoms with Gasteiger partial charge in [-0.2, -0.15) is 0 Å². The van der Waals surface area contributed by atoms with Gasteiger partial charge in [-0.25, -0.2) is 0 Å². The fraction of sp³-hybridized carbons (Fsp3) is 1.00. The summed E-state index contributed by atoms with van der Waals surface area (Å²) in [5.41, 5.74) is 0. The van der Waals surface area contributed by atoms with Crippen LogP contribution in [0.2, 0.25) is 0 Å². The molecule has 0 unspecified atom stereocenters. The van der Waals surface area contributed by atoms with Gasteiger partial charge in [-0.15, -0.1) is 37.2 Å². The fourth-order valence-electron chi connectivity index (χ4n) is 1.21. The molecule has 0 saturated heterocycles. The van der Waals surface area contributed by atoms with Gasteiger partial charge in [0.05, 0.1) is 0 Å². The van der Waals surface area contributed by atoms with Crippen molar-refractivity contribution in [2.24, 2.45) is 0 Å². The van der Waals surface area contributed by atoms with Crippen molar-refractivity contribution in [3.05, 3.63) is 0 Å². The average molecular weight is 277 g/mol. The summed E-state index contributed by atoms with van der Waals surface area (Å²) in [6.07, 6.45) is 8.43. The minimum Gasteiger partial charge on any atom is -0.309 e. The van der Waals surface area contributed by atoms with E-state index in [1.807, 2.05) is 0 Å². The van der Waals surface area contributed by atoms with Crippen molar-refractivity contribution < 1.29 is 0 Å². The van der Waals surface area contributed by atoms with Gasteiger partial charge in [0.15, 0.2) is 0 Å². The number of halogens is 3. The van der Waals surface area contributed by atoms with E-state index >= 15 is 0 Å². The zero-order valence-electron chi connectivity index (χ0n) is 10.2. The first-order valence-electron chi connectivity index (χ1n) is 4.92. The molecule has 5 heteroatoms. The van der Waals surface area contributed by atoms with E-state index in [-0.39, 0.29) is 45.6 Å². The fourth-order valence-corrected chi connectivity index (χ4v) is 1.21. The van der Waals surface area contributed by atoms with Crippen LogP contribution in [-0.4, -0.2) is 34.0 Å². The lowest BCUT2D eigenvalue weighted by atomic mass is 10.1. The number of unbranched alkanes of at least 4 members (excludes halogenated alkanes) is 5. The van der Waals surface area contributed by atoms with Crippen LogP contribution in [0.5, 0.6) is 0 Å². The maximum atomic E-state index is 2.26. The molecular weight excluding hydrogens is 251 g/mol. The van der Waals surface area contributed by atoms with Crippen molar-refractivity contribution in [3.8, 4) is 0 Å². The maximum Gasteiger partial charge on any atom is 0 e. The standard InChI is InChI=1S/C10H23N.B.3ClH/c1-4-5-6-7-8-9-10-11(2)3;;;;/h4-10H2,1-3H3;;3*1H. The van der Waals surface area contributed by atoms with E-state index in [0.29, 0.717) is 0 Å². The van der Waals surface area contributed by atoms with Gasteiger partial charge in [0.1, 0.15) is 0 Å². The summed E-state index contributed by atoms with van der Waals surface area (Å²) < 4.78 is 0. The van der Waals surface area contributed by atoms with Crippen molar-refractivity contribution in [3.63, 3.8) is 0 Å². The predicted molar refractivity (Wildman–Crippen MR) is 79.4 cm³/mol. The molecular formula is C10H26BCl3N. The second kappa shape index (κ2) is 24.2. The van der Waals surface area contributed by atoms with E-state index in [2.05, 4.69) is 25.9 Å². The van der Waals surface area contributed by atoms with Crippen LogP contribution in [0, 0.1) is 0 Å². The molecule has 0 aliphatic rings. The second-order valence-corrected chi connectivity index (χ2v) is 3.57. The third kappa shape index (κ3) is 31.3. The lowest BCUT2D eigenvalue weighted by Crippen LogP contribution is -2.12. The lowest BCUT2D eigenvalue weighted by Gasteiger charge is -2.08. The van der Waals surface area contributed by atoms with E-state index in [0.717, 1.165) is 0 Å². The van der Waals surface area contributed by atoms with Crippen LogP contribution in [0.25, 0.3) is 0 Å². The third-order valence-electron chi connectivity index (χ3n) is 1.96. The largest absolute Gasteiger partial charge is 0.309 e. The van der Waals surface area contributed by atoms with Crippen molar-refractivity contribution in [2.45, 2.75) is 45.4 Å². The van der Waals surface area contributed by atoms with Crippen LogP contribution >= 0.6 is 37.2 Å². The zero-order valence-corrected chi connectivity index (χ0v) is 12.6. The summed E-state index contributed by atoms with van der Waals surface area (Å²) in [6.45, 7) is 3.52. The second-order valence-electron chi connectivity index (χ2n) is 3.57. The SMILES string of the molecule is CCCCCCCCN(C)C.Cl.Cl.Cl.[B]. The highest BCUT2D eigenvalue weighted by molar-refractivity contribution is 5.86. The molecule has 0 amide bonds. The first-order valence-corrected chi connectivity index (χ1v) is 4.92. The Labute approximate surface area is 117 Å². The average Bonchev–Trinajstić information content (AvgIpc) is 1.96.